The van der Waals surface area contributed by atoms with Crippen LogP contribution in [0.3, 0.4) is 0 Å². The number of ether oxygens (including phenoxy) is 1. The van der Waals surface area contributed by atoms with Crippen LogP contribution in [0.25, 0.3) is 0 Å². The van der Waals surface area contributed by atoms with Crippen LogP contribution in [0, 0.1) is 0 Å². The number of aliphatic hydroxyl groups excluding tert-OH is 1. The predicted molar refractivity (Wildman–Crippen MR) is 100 cm³/mol. The summed E-state index contributed by atoms with van der Waals surface area (Å²) in [6, 6.07) is 0. The minimum atomic E-state index is -0.245. The second kappa shape index (κ2) is 12.9. The molecule has 1 aliphatic rings. The van der Waals surface area contributed by atoms with Crippen molar-refractivity contribution in [1.82, 2.24) is 0 Å². The number of Topliss-reactive ketones (excluding diaryl/α,β-unsaturated/α-hetero) is 1. The van der Waals surface area contributed by atoms with Gasteiger partial charge in [0.05, 0.1) is 13.2 Å². The average Bonchev–Trinajstić information content (AvgIpc) is 2.96. The highest BCUT2D eigenvalue weighted by Gasteiger charge is 2.22. The van der Waals surface area contributed by atoms with Gasteiger partial charge in [-0.15, -0.1) is 0 Å². The fraction of sp³-hybridized carbons (Fsp3) is 0.714. The topological polar surface area (TPSA) is 63.6 Å². The molecule has 1 rings (SSSR count). The van der Waals surface area contributed by atoms with Gasteiger partial charge in [0, 0.05) is 12.8 Å². The fourth-order valence-electron chi connectivity index (χ4n) is 3.20. The summed E-state index contributed by atoms with van der Waals surface area (Å²) in [6.07, 6.45) is 13.9. The Morgan fingerprint density at radius 3 is 2.72 bits per heavy atom. The summed E-state index contributed by atoms with van der Waals surface area (Å²) in [5.74, 6) is 0.0801. The summed E-state index contributed by atoms with van der Waals surface area (Å²) in [5, 5.41) is 10.1. The first-order valence-corrected chi connectivity index (χ1v) is 9.72. The maximum Gasteiger partial charge on any atom is 0.305 e. The zero-order valence-electron chi connectivity index (χ0n) is 15.9. The molecule has 1 aliphatic carbocycles. The lowest BCUT2D eigenvalue weighted by Crippen LogP contribution is -2.06. The first-order chi connectivity index (χ1) is 12.1. The highest BCUT2D eigenvalue weighted by Crippen LogP contribution is 2.30. The van der Waals surface area contributed by atoms with Crippen LogP contribution in [-0.2, 0) is 14.3 Å². The maximum absolute atomic E-state index is 12.1. The van der Waals surface area contributed by atoms with E-state index in [1.54, 1.807) is 0 Å². The molecule has 4 heteroatoms. The van der Waals surface area contributed by atoms with E-state index in [1.165, 1.54) is 25.5 Å². The Balaban J connectivity index is 2.36. The lowest BCUT2D eigenvalue weighted by Gasteiger charge is -2.11. The highest BCUT2D eigenvalue weighted by atomic mass is 16.5. The van der Waals surface area contributed by atoms with Crippen LogP contribution < -0.4 is 0 Å². The van der Waals surface area contributed by atoms with E-state index in [4.69, 9.17) is 0 Å². The van der Waals surface area contributed by atoms with Crippen LogP contribution in [-0.4, -0.2) is 30.1 Å². The molecule has 0 unspecified atom stereocenters. The number of methoxy groups -OCH3 is 1. The monoisotopic (exact) mass is 350 g/mol. The van der Waals surface area contributed by atoms with Gasteiger partial charge >= 0.3 is 5.97 Å². The molecule has 142 valence electrons. The van der Waals surface area contributed by atoms with E-state index < -0.39 is 0 Å². The SMILES string of the molecule is CCCCC[C@H](O)CCC1=C(C/C=C\CCCC(=O)OC)C(=O)CC1. The number of carbonyl (C=O) groups is 2. The normalized spacial score (nSPS) is 16.0. The Bertz CT molecular complexity index is 476. The van der Waals surface area contributed by atoms with Crippen molar-refractivity contribution in [2.45, 2.75) is 90.1 Å². The first kappa shape index (κ1) is 21.6. The Kier molecular flexibility index (Phi) is 11.1. The van der Waals surface area contributed by atoms with Crippen molar-refractivity contribution in [3.05, 3.63) is 23.3 Å². The molecule has 0 aromatic heterocycles. The van der Waals surface area contributed by atoms with Crippen LogP contribution in [0.1, 0.15) is 84.0 Å². The summed E-state index contributed by atoms with van der Waals surface area (Å²) in [6.45, 7) is 2.16. The van der Waals surface area contributed by atoms with Crippen molar-refractivity contribution in [3.63, 3.8) is 0 Å². The van der Waals surface area contributed by atoms with E-state index in [1.807, 2.05) is 12.2 Å². The van der Waals surface area contributed by atoms with Crippen molar-refractivity contribution < 1.29 is 19.4 Å². The van der Waals surface area contributed by atoms with Gasteiger partial charge < -0.3 is 9.84 Å². The Morgan fingerprint density at radius 2 is 2.00 bits per heavy atom. The van der Waals surface area contributed by atoms with Crippen LogP contribution in [0.4, 0.5) is 0 Å². The largest absolute Gasteiger partial charge is 0.469 e. The number of allylic oxidation sites excluding steroid dienone is 4. The summed E-state index contributed by atoms with van der Waals surface area (Å²) in [7, 11) is 1.40. The minimum absolute atomic E-state index is 0.179. The summed E-state index contributed by atoms with van der Waals surface area (Å²) >= 11 is 0. The van der Waals surface area contributed by atoms with Gasteiger partial charge in [0.25, 0.3) is 0 Å². The molecule has 25 heavy (non-hydrogen) atoms. The molecule has 4 nitrogen and oxygen atoms in total. The number of unbranched alkanes of at least 4 members (excludes halogenated alkanes) is 3. The number of hydrogen-bond acceptors (Lipinski definition) is 4. The van der Waals surface area contributed by atoms with Crippen LogP contribution in [0.15, 0.2) is 23.3 Å². The Labute approximate surface area is 152 Å². The standard InChI is InChI=1S/C21H34O4/c1-3-4-7-10-18(22)15-13-17-14-16-20(23)19(17)11-8-5-6-9-12-21(24)25-2/h5,8,18,22H,3-4,6-7,9-16H2,1-2H3/b8-5-/t18-/m0/s1. The van der Waals surface area contributed by atoms with Gasteiger partial charge in [-0.3, -0.25) is 9.59 Å². The summed E-state index contributed by atoms with van der Waals surface area (Å²) in [5.41, 5.74) is 2.18. The predicted octanol–water partition coefficient (Wildman–Crippen LogP) is 4.66. The average molecular weight is 350 g/mol. The molecule has 0 heterocycles. The zero-order valence-corrected chi connectivity index (χ0v) is 15.9. The van der Waals surface area contributed by atoms with Gasteiger partial charge in [-0.05, 0) is 50.5 Å². The molecule has 0 saturated heterocycles. The van der Waals surface area contributed by atoms with Crippen LogP contribution in [0.2, 0.25) is 0 Å². The number of esters is 1. The summed E-state index contributed by atoms with van der Waals surface area (Å²) in [4.78, 5) is 23.1. The maximum atomic E-state index is 12.1. The number of ketones is 1. The van der Waals surface area contributed by atoms with Crippen molar-refractivity contribution in [2.24, 2.45) is 0 Å². The van der Waals surface area contributed by atoms with Gasteiger partial charge in [-0.1, -0.05) is 43.9 Å². The number of carbonyl (C=O) groups excluding carboxylic acids is 2. The van der Waals surface area contributed by atoms with E-state index in [2.05, 4.69) is 11.7 Å². The Morgan fingerprint density at radius 1 is 1.20 bits per heavy atom. The van der Waals surface area contributed by atoms with Crippen molar-refractivity contribution in [3.8, 4) is 0 Å². The highest BCUT2D eigenvalue weighted by molar-refractivity contribution is 5.98. The van der Waals surface area contributed by atoms with Crippen molar-refractivity contribution in [1.29, 1.82) is 0 Å². The third-order valence-corrected chi connectivity index (χ3v) is 4.81. The third kappa shape index (κ3) is 9.01. The molecule has 0 spiro atoms. The fourth-order valence-corrected chi connectivity index (χ4v) is 3.20. The van der Waals surface area contributed by atoms with Crippen LogP contribution in [0.5, 0.6) is 0 Å². The molecular weight excluding hydrogens is 316 g/mol. The van der Waals surface area contributed by atoms with E-state index in [9.17, 15) is 14.7 Å². The molecule has 1 atom stereocenters. The quantitative estimate of drug-likeness (QED) is 0.298. The smallest absolute Gasteiger partial charge is 0.305 e. The number of rotatable bonds is 13. The molecule has 0 saturated carbocycles. The number of aliphatic hydroxyl groups is 1. The summed E-state index contributed by atoms with van der Waals surface area (Å²) < 4.78 is 4.61. The van der Waals surface area contributed by atoms with Gasteiger partial charge in [0.2, 0.25) is 0 Å². The Hall–Kier alpha value is -1.42. The van der Waals surface area contributed by atoms with Crippen LogP contribution >= 0.6 is 0 Å². The lowest BCUT2D eigenvalue weighted by atomic mass is 9.99. The lowest BCUT2D eigenvalue weighted by molar-refractivity contribution is -0.140. The molecule has 0 aromatic carbocycles. The molecule has 0 radical (unpaired) electrons. The molecule has 0 fully saturated rings. The van der Waals surface area contributed by atoms with Gasteiger partial charge in [-0.25, -0.2) is 0 Å². The minimum Gasteiger partial charge on any atom is -0.469 e. The van der Waals surface area contributed by atoms with E-state index in [-0.39, 0.29) is 17.9 Å². The first-order valence-electron chi connectivity index (χ1n) is 9.72. The van der Waals surface area contributed by atoms with Crippen molar-refractivity contribution in [2.75, 3.05) is 7.11 Å². The molecule has 0 aromatic rings. The molecule has 1 N–H and O–H groups in total. The van der Waals surface area contributed by atoms with Crippen molar-refractivity contribution >= 4 is 11.8 Å². The van der Waals surface area contributed by atoms with E-state index in [0.29, 0.717) is 19.3 Å². The molecule has 0 amide bonds. The third-order valence-electron chi connectivity index (χ3n) is 4.81. The molecule has 0 aliphatic heterocycles. The van der Waals surface area contributed by atoms with Gasteiger partial charge in [0.15, 0.2) is 5.78 Å². The van der Waals surface area contributed by atoms with Gasteiger partial charge in [0.1, 0.15) is 0 Å². The molecule has 0 bridgehead atoms. The second-order valence-corrected chi connectivity index (χ2v) is 6.84. The van der Waals surface area contributed by atoms with E-state index in [0.717, 1.165) is 50.5 Å². The zero-order chi connectivity index (χ0) is 18.5. The number of hydrogen-bond donors (Lipinski definition) is 1. The van der Waals surface area contributed by atoms with Gasteiger partial charge in [-0.2, -0.15) is 0 Å². The van der Waals surface area contributed by atoms with E-state index >= 15 is 0 Å². The molecular formula is C21H34O4. The second-order valence-electron chi connectivity index (χ2n) is 6.84.